The molecule has 8 aromatic carbocycles. The summed E-state index contributed by atoms with van der Waals surface area (Å²) in [5.41, 5.74) is 7.45. The fraction of sp³-hybridized carbons (Fsp3) is 0. The van der Waals surface area contributed by atoms with Crippen molar-refractivity contribution in [3.63, 3.8) is 0 Å². The highest BCUT2D eigenvalue weighted by Crippen LogP contribution is 2.47. The van der Waals surface area contributed by atoms with E-state index in [1.54, 1.807) is 11.3 Å². The molecule has 11 rings (SSSR count). The van der Waals surface area contributed by atoms with Gasteiger partial charge in [-0.05, 0) is 63.5 Å². The van der Waals surface area contributed by atoms with E-state index in [1.807, 2.05) is 60.7 Å². The summed E-state index contributed by atoms with van der Waals surface area (Å²) < 4.78 is 9.15. The topological polar surface area (TPSA) is 64.7 Å². The van der Waals surface area contributed by atoms with E-state index in [4.69, 9.17) is 24.4 Å². The number of hydrogen-bond acceptors (Lipinski definition) is 6. The lowest BCUT2D eigenvalue weighted by atomic mass is 9.91. The molecule has 5 nitrogen and oxygen atoms in total. The zero-order chi connectivity index (χ0) is 35.6. The highest BCUT2D eigenvalue weighted by atomic mass is 32.1. The number of hydrogen-bond donors (Lipinski definition) is 0. The molecule has 0 N–H and O–H groups in total. The molecule has 0 bridgehead atoms. The molecule has 0 atom stereocenters. The second-order valence-electron chi connectivity index (χ2n) is 13.4. The van der Waals surface area contributed by atoms with Crippen LogP contribution in [-0.4, -0.2) is 19.9 Å². The van der Waals surface area contributed by atoms with E-state index in [1.165, 1.54) is 25.6 Å². The van der Waals surface area contributed by atoms with Crippen LogP contribution in [0.1, 0.15) is 0 Å². The van der Waals surface area contributed by atoms with Crippen molar-refractivity contribution < 1.29 is 4.42 Å². The van der Waals surface area contributed by atoms with Gasteiger partial charge >= 0.3 is 0 Å². The van der Waals surface area contributed by atoms with Gasteiger partial charge in [0.25, 0.3) is 0 Å². The Kier molecular flexibility index (Phi) is 6.97. The molecule has 3 aromatic heterocycles. The Hall–Kier alpha value is -7.02. The monoisotopic (exact) mass is 708 g/mol. The molecule has 0 radical (unpaired) electrons. The predicted molar refractivity (Wildman–Crippen MR) is 222 cm³/mol. The van der Waals surface area contributed by atoms with Crippen molar-refractivity contribution in [2.75, 3.05) is 0 Å². The van der Waals surface area contributed by atoms with E-state index in [2.05, 4.69) is 109 Å². The SMILES string of the molecule is c1ccc(-c2nc(-c3ccc4ccccc4c3)nc(-c3ccc(-c4c5oc(-c6ccccc6)nc5cc5sc6ccccc6c45)c4ccccc34)n2)cc1. The molecule has 0 spiro atoms. The Balaban J connectivity index is 1.17. The van der Waals surface area contributed by atoms with Crippen LogP contribution in [0, 0.1) is 0 Å². The van der Waals surface area contributed by atoms with E-state index in [0.29, 0.717) is 23.4 Å². The van der Waals surface area contributed by atoms with Crippen molar-refractivity contribution in [1.29, 1.82) is 0 Å². The predicted octanol–water partition coefficient (Wildman–Crippen LogP) is 13.0. The summed E-state index contributed by atoms with van der Waals surface area (Å²) in [6.07, 6.45) is 0. The van der Waals surface area contributed by atoms with Crippen LogP contribution in [0.2, 0.25) is 0 Å². The summed E-state index contributed by atoms with van der Waals surface area (Å²) in [5.74, 6) is 2.48. The molecule has 0 aliphatic carbocycles. The number of benzene rings is 8. The van der Waals surface area contributed by atoms with Crippen LogP contribution in [0.3, 0.4) is 0 Å². The number of thiophene rings is 1. The first-order chi connectivity index (χ1) is 26.7. The number of oxazole rings is 1. The van der Waals surface area contributed by atoms with Crippen molar-refractivity contribution in [3.8, 4) is 56.7 Å². The van der Waals surface area contributed by atoms with E-state index < -0.39 is 0 Å². The Bertz CT molecular complexity index is 3220. The minimum absolute atomic E-state index is 0.606. The molecular weight excluding hydrogens is 681 g/mol. The lowest BCUT2D eigenvalue weighted by molar-refractivity contribution is 0.621. The van der Waals surface area contributed by atoms with Gasteiger partial charge in [0.2, 0.25) is 5.89 Å². The average Bonchev–Trinajstić information content (AvgIpc) is 3.84. The summed E-state index contributed by atoms with van der Waals surface area (Å²) in [4.78, 5) is 20.4. The van der Waals surface area contributed by atoms with Crippen LogP contribution < -0.4 is 0 Å². The van der Waals surface area contributed by atoms with Gasteiger partial charge in [0.15, 0.2) is 23.1 Å². The van der Waals surface area contributed by atoms with Crippen molar-refractivity contribution in [2.24, 2.45) is 0 Å². The van der Waals surface area contributed by atoms with Crippen LogP contribution in [0.4, 0.5) is 0 Å². The fourth-order valence-corrected chi connectivity index (χ4v) is 8.76. The molecule has 3 heterocycles. The first kappa shape index (κ1) is 30.6. The first-order valence-corrected chi connectivity index (χ1v) is 18.7. The summed E-state index contributed by atoms with van der Waals surface area (Å²) in [6, 6.07) is 58.6. The molecular formula is C48H28N4OS. The van der Waals surface area contributed by atoms with Gasteiger partial charge in [-0.3, -0.25) is 0 Å². The van der Waals surface area contributed by atoms with Crippen molar-refractivity contribution in [2.45, 2.75) is 0 Å². The molecule has 0 fully saturated rings. The number of nitrogens with zero attached hydrogens (tertiary/aromatic N) is 4. The maximum atomic E-state index is 6.75. The van der Waals surface area contributed by atoms with Gasteiger partial charge in [0.05, 0.1) is 0 Å². The van der Waals surface area contributed by atoms with Gasteiger partial charge in [-0.15, -0.1) is 11.3 Å². The van der Waals surface area contributed by atoms with Crippen LogP contribution >= 0.6 is 11.3 Å². The summed E-state index contributed by atoms with van der Waals surface area (Å²) in [5, 5.41) is 6.79. The fourth-order valence-electron chi connectivity index (χ4n) is 7.61. The quantitative estimate of drug-likeness (QED) is 0.178. The Morgan fingerprint density at radius 2 is 1.02 bits per heavy atom. The van der Waals surface area contributed by atoms with Crippen LogP contribution in [0.25, 0.3) is 110 Å². The van der Waals surface area contributed by atoms with Crippen LogP contribution in [-0.2, 0) is 0 Å². The number of rotatable bonds is 5. The van der Waals surface area contributed by atoms with Gasteiger partial charge in [-0.25, -0.2) is 19.9 Å². The number of fused-ring (bicyclic) bond motifs is 6. The van der Waals surface area contributed by atoms with Crippen LogP contribution in [0.5, 0.6) is 0 Å². The van der Waals surface area contributed by atoms with Crippen molar-refractivity contribution in [1.82, 2.24) is 19.9 Å². The first-order valence-electron chi connectivity index (χ1n) is 17.9. The lowest BCUT2D eigenvalue weighted by Gasteiger charge is -2.14. The van der Waals surface area contributed by atoms with Gasteiger partial charge in [-0.1, -0.05) is 133 Å². The summed E-state index contributed by atoms with van der Waals surface area (Å²) >= 11 is 1.79. The third-order valence-electron chi connectivity index (χ3n) is 10.2. The van der Waals surface area contributed by atoms with Crippen LogP contribution in [0.15, 0.2) is 174 Å². The highest BCUT2D eigenvalue weighted by molar-refractivity contribution is 7.26. The van der Waals surface area contributed by atoms with Gasteiger partial charge in [0.1, 0.15) is 5.52 Å². The molecule has 0 saturated heterocycles. The van der Waals surface area contributed by atoms with E-state index in [-0.39, 0.29) is 0 Å². The molecule has 0 unspecified atom stereocenters. The standard InChI is InChI=1S/C48H28N4OS/c1-3-14-30(15-4-1)45-50-46(33-24-23-29-13-7-8-18-32(29)27-33)52-47(51-45)37-26-25-36(34-19-9-10-20-35(34)37)43-42-38-21-11-12-22-40(38)54-41(42)28-39-44(43)53-48(49-39)31-16-5-2-6-17-31/h1-28H. The second kappa shape index (κ2) is 12.3. The normalized spacial score (nSPS) is 11.7. The number of aromatic nitrogens is 4. The minimum atomic E-state index is 0.606. The Labute approximate surface area is 313 Å². The molecule has 54 heavy (non-hydrogen) atoms. The molecule has 0 amide bonds. The zero-order valence-electron chi connectivity index (χ0n) is 28.8. The Morgan fingerprint density at radius 1 is 0.407 bits per heavy atom. The highest BCUT2D eigenvalue weighted by Gasteiger charge is 2.23. The van der Waals surface area contributed by atoms with Gasteiger partial charge in [0, 0.05) is 48.0 Å². The Morgan fingerprint density at radius 3 is 1.81 bits per heavy atom. The second-order valence-corrected chi connectivity index (χ2v) is 14.5. The molecule has 0 saturated carbocycles. The lowest BCUT2D eigenvalue weighted by Crippen LogP contribution is -2.01. The summed E-state index contributed by atoms with van der Waals surface area (Å²) in [6.45, 7) is 0. The summed E-state index contributed by atoms with van der Waals surface area (Å²) in [7, 11) is 0. The van der Waals surface area contributed by atoms with E-state index in [9.17, 15) is 0 Å². The molecule has 0 aliphatic rings. The molecule has 252 valence electrons. The smallest absolute Gasteiger partial charge is 0.227 e. The molecule has 0 aliphatic heterocycles. The maximum absolute atomic E-state index is 6.75. The largest absolute Gasteiger partial charge is 0.435 e. The van der Waals surface area contributed by atoms with Gasteiger partial charge in [-0.2, -0.15) is 0 Å². The third kappa shape index (κ3) is 4.99. The maximum Gasteiger partial charge on any atom is 0.227 e. The zero-order valence-corrected chi connectivity index (χ0v) is 29.6. The van der Waals surface area contributed by atoms with E-state index in [0.717, 1.165) is 60.6 Å². The average molecular weight is 709 g/mol. The molecule has 11 aromatic rings. The minimum Gasteiger partial charge on any atom is -0.435 e. The van der Waals surface area contributed by atoms with E-state index >= 15 is 0 Å². The molecule has 6 heteroatoms. The van der Waals surface area contributed by atoms with Crippen molar-refractivity contribution >= 4 is 64.2 Å². The van der Waals surface area contributed by atoms with Gasteiger partial charge < -0.3 is 4.42 Å². The third-order valence-corrected chi connectivity index (χ3v) is 11.3. The van der Waals surface area contributed by atoms with Crippen molar-refractivity contribution in [3.05, 3.63) is 170 Å².